The average molecular weight is 354 g/mol. The lowest BCUT2D eigenvalue weighted by Gasteiger charge is -2.02. The molecular formula is C17H14N4OS2. The van der Waals surface area contributed by atoms with Crippen molar-refractivity contribution in [1.82, 2.24) is 14.8 Å². The molecule has 0 aliphatic carbocycles. The summed E-state index contributed by atoms with van der Waals surface area (Å²) in [5.41, 5.74) is 2.12. The maximum Gasteiger partial charge on any atom is 0.267 e. The summed E-state index contributed by atoms with van der Waals surface area (Å²) in [6.07, 6.45) is 1.67. The van der Waals surface area contributed by atoms with E-state index in [4.69, 9.17) is 0 Å². The number of carbonyl (C=O) groups is 1. The van der Waals surface area contributed by atoms with Crippen LogP contribution in [0, 0.1) is 6.92 Å². The van der Waals surface area contributed by atoms with Crippen LogP contribution in [-0.2, 0) is 6.54 Å². The van der Waals surface area contributed by atoms with Gasteiger partial charge in [0.2, 0.25) is 0 Å². The van der Waals surface area contributed by atoms with Crippen LogP contribution in [0.1, 0.15) is 20.9 Å². The number of aryl methyl sites for hydroxylation is 1. The molecule has 0 radical (unpaired) electrons. The molecule has 0 unspecified atom stereocenters. The van der Waals surface area contributed by atoms with Crippen molar-refractivity contribution in [1.29, 1.82) is 0 Å². The van der Waals surface area contributed by atoms with E-state index < -0.39 is 0 Å². The third-order valence-corrected chi connectivity index (χ3v) is 5.49. The first-order valence-corrected chi connectivity index (χ1v) is 9.12. The first kappa shape index (κ1) is 15.0. The van der Waals surface area contributed by atoms with E-state index in [-0.39, 0.29) is 5.91 Å². The second-order valence-corrected chi connectivity index (χ2v) is 7.27. The first-order valence-electron chi connectivity index (χ1n) is 7.42. The van der Waals surface area contributed by atoms with Gasteiger partial charge in [0.25, 0.3) is 5.91 Å². The number of hydrogen-bond acceptors (Lipinski definition) is 5. The maximum absolute atomic E-state index is 12.4. The molecule has 0 saturated carbocycles. The summed E-state index contributed by atoms with van der Waals surface area (Å²) in [6, 6.07) is 12.1. The molecule has 0 fully saturated rings. The van der Waals surface area contributed by atoms with Crippen LogP contribution in [0.2, 0.25) is 0 Å². The smallest absolute Gasteiger partial charge is 0.267 e. The number of nitrogens with one attached hydrogen (secondary N) is 1. The monoisotopic (exact) mass is 354 g/mol. The number of nitrogens with zero attached hydrogens (tertiary/aromatic N) is 3. The number of aromatic nitrogens is 3. The minimum atomic E-state index is -0.128. The van der Waals surface area contributed by atoms with Crippen LogP contribution in [0.5, 0.6) is 0 Å². The van der Waals surface area contributed by atoms with Crippen LogP contribution in [0.25, 0.3) is 10.2 Å². The highest BCUT2D eigenvalue weighted by Gasteiger charge is 2.17. The molecule has 0 bridgehead atoms. The Morgan fingerprint density at radius 1 is 1.29 bits per heavy atom. The Hall–Kier alpha value is -2.51. The van der Waals surface area contributed by atoms with Crippen molar-refractivity contribution in [2.75, 3.05) is 5.32 Å². The van der Waals surface area contributed by atoms with Gasteiger partial charge in [0.1, 0.15) is 4.83 Å². The Bertz CT molecular complexity index is 987. The highest BCUT2D eigenvalue weighted by molar-refractivity contribution is 7.20. The zero-order chi connectivity index (χ0) is 16.5. The molecule has 1 N–H and O–H groups in total. The SMILES string of the molecule is Cc1nn(Cc2ccccc2)c2sc(C(=O)Nc3nccs3)cc12. The Balaban J connectivity index is 1.65. The number of carbonyl (C=O) groups excluding carboxylic acids is 1. The van der Waals surface area contributed by atoms with Gasteiger partial charge in [0.15, 0.2) is 5.13 Å². The summed E-state index contributed by atoms with van der Waals surface area (Å²) in [5, 5.41) is 10.9. The standard InChI is InChI=1S/C17H14N4OS2/c1-11-13-9-14(15(22)19-17-18-7-8-23-17)24-16(13)21(20-11)10-12-5-3-2-4-6-12/h2-9H,10H2,1H3,(H,18,19,22). The zero-order valence-electron chi connectivity index (χ0n) is 12.9. The predicted molar refractivity (Wildman–Crippen MR) is 98.0 cm³/mol. The van der Waals surface area contributed by atoms with Gasteiger partial charge >= 0.3 is 0 Å². The third kappa shape index (κ3) is 2.83. The van der Waals surface area contributed by atoms with Crippen molar-refractivity contribution in [3.05, 3.63) is 64.1 Å². The van der Waals surface area contributed by atoms with Gasteiger partial charge in [0, 0.05) is 17.0 Å². The fraction of sp³-hybridized carbons (Fsp3) is 0.118. The van der Waals surface area contributed by atoms with E-state index in [2.05, 4.69) is 27.5 Å². The molecule has 5 nitrogen and oxygen atoms in total. The van der Waals surface area contributed by atoms with Gasteiger partial charge in [-0.3, -0.25) is 14.8 Å². The highest BCUT2D eigenvalue weighted by atomic mass is 32.1. The largest absolute Gasteiger partial charge is 0.297 e. The Morgan fingerprint density at radius 2 is 2.12 bits per heavy atom. The van der Waals surface area contributed by atoms with Gasteiger partial charge < -0.3 is 0 Å². The first-order chi connectivity index (χ1) is 11.7. The average Bonchev–Trinajstić information content (AvgIpc) is 3.29. The molecule has 120 valence electrons. The van der Waals surface area contributed by atoms with Crippen molar-refractivity contribution in [3.8, 4) is 0 Å². The van der Waals surface area contributed by atoms with Gasteiger partial charge in [0.05, 0.1) is 17.1 Å². The lowest BCUT2D eigenvalue weighted by molar-refractivity contribution is 0.103. The predicted octanol–water partition coefficient (Wildman–Crippen LogP) is 4.16. The number of hydrogen-bond donors (Lipinski definition) is 1. The van der Waals surface area contributed by atoms with Crippen LogP contribution < -0.4 is 5.32 Å². The Kier molecular flexibility index (Phi) is 3.87. The number of thiophene rings is 1. The van der Waals surface area contributed by atoms with E-state index in [0.717, 1.165) is 15.9 Å². The minimum absolute atomic E-state index is 0.128. The molecule has 0 atom stereocenters. The maximum atomic E-state index is 12.4. The lowest BCUT2D eigenvalue weighted by atomic mass is 10.2. The van der Waals surface area contributed by atoms with Gasteiger partial charge in [-0.25, -0.2) is 4.98 Å². The van der Waals surface area contributed by atoms with Crippen LogP contribution in [0.15, 0.2) is 48.0 Å². The number of thiazole rings is 1. The quantitative estimate of drug-likeness (QED) is 0.598. The van der Waals surface area contributed by atoms with E-state index >= 15 is 0 Å². The Labute approximate surface area is 146 Å². The normalized spacial score (nSPS) is 11.0. The van der Waals surface area contributed by atoms with Crippen molar-refractivity contribution >= 4 is 43.9 Å². The molecule has 0 aliphatic rings. The molecule has 4 aromatic rings. The topological polar surface area (TPSA) is 59.8 Å². The number of amides is 1. The van der Waals surface area contributed by atoms with E-state index in [1.807, 2.05) is 41.3 Å². The van der Waals surface area contributed by atoms with Crippen LogP contribution in [0.4, 0.5) is 5.13 Å². The van der Waals surface area contributed by atoms with Gasteiger partial charge in [-0.05, 0) is 18.6 Å². The molecule has 1 aromatic carbocycles. The summed E-state index contributed by atoms with van der Waals surface area (Å²) in [5.74, 6) is -0.128. The number of benzene rings is 1. The number of rotatable bonds is 4. The Morgan fingerprint density at radius 3 is 2.88 bits per heavy atom. The van der Waals surface area contributed by atoms with E-state index in [1.165, 1.54) is 28.2 Å². The van der Waals surface area contributed by atoms with Crippen LogP contribution in [-0.4, -0.2) is 20.7 Å². The van der Waals surface area contributed by atoms with Gasteiger partial charge in [-0.2, -0.15) is 5.10 Å². The fourth-order valence-electron chi connectivity index (χ4n) is 2.53. The molecule has 7 heteroatoms. The highest BCUT2D eigenvalue weighted by Crippen LogP contribution is 2.29. The second kappa shape index (κ2) is 6.18. The van der Waals surface area contributed by atoms with Crippen molar-refractivity contribution in [2.45, 2.75) is 13.5 Å². The third-order valence-electron chi connectivity index (χ3n) is 3.66. The van der Waals surface area contributed by atoms with Gasteiger partial charge in [-0.15, -0.1) is 22.7 Å². The molecule has 0 aliphatic heterocycles. The molecular weight excluding hydrogens is 340 g/mol. The van der Waals surface area contributed by atoms with Crippen molar-refractivity contribution in [3.63, 3.8) is 0 Å². The molecule has 0 spiro atoms. The summed E-state index contributed by atoms with van der Waals surface area (Å²) in [6.45, 7) is 2.66. The van der Waals surface area contributed by atoms with Crippen LogP contribution in [0.3, 0.4) is 0 Å². The summed E-state index contributed by atoms with van der Waals surface area (Å²) >= 11 is 2.87. The number of anilines is 1. The summed E-state index contributed by atoms with van der Waals surface area (Å²) < 4.78 is 1.96. The minimum Gasteiger partial charge on any atom is -0.297 e. The van der Waals surface area contributed by atoms with Crippen molar-refractivity contribution < 1.29 is 4.79 Å². The molecule has 4 rings (SSSR count). The molecule has 1 amide bonds. The fourth-order valence-corrected chi connectivity index (χ4v) is 4.11. The molecule has 3 heterocycles. The molecule has 0 saturated heterocycles. The molecule has 3 aromatic heterocycles. The summed E-state index contributed by atoms with van der Waals surface area (Å²) in [7, 11) is 0. The summed E-state index contributed by atoms with van der Waals surface area (Å²) in [4.78, 5) is 18.2. The lowest BCUT2D eigenvalue weighted by Crippen LogP contribution is -2.09. The molecule has 24 heavy (non-hydrogen) atoms. The zero-order valence-corrected chi connectivity index (χ0v) is 14.5. The van der Waals surface area contributed by atoms with Gasteiger partial charge in [-0.1, -0.05) is 30.3 Å². The van der Waals surface area contributed by atoms with E-state index in [1.54, 1.807) is 6.20 Å². The van der Waals surface area contributed by atoms with Crippen LogP contribution >= 0.6 is 22.7 Å². The van der Waals surface area contributed by atoms with E-state index in [0.29, 0.717) is 16.6 Å². The van der Waals surface area contributed by atoms with Crippen molar-refractivity contribution in [2.24, 2.45) is 0 Å². The number of fused-ring (bicyclic) bond motifs is 1. The van der Waals surface area contributed by atoms with E-state index in [9.17, 15) is 4.79 Å². The second-order valence-electron chi connectivity index (χ2n) is 5.35.